The highest BCUT2D eigenvalue weighted by molar-refractivity contribution is 8.03. The first-order chi connectivity index (χ1) is 17.8. The van der Waals surface area contributed by atoms with Crippen LogP contribution < -0.4 is 16.0 Å². The van der Waals surface area contributed by atoms with Crippen LogP contribution in [0, 0.1) is 31.0 Å². The molecule has 1 aliphatic rings. The highest BCUT2D eigenvalue weighted by atomic mass is 32.2. The van der Waals surface area contributed by atoms with Crippen LogP contribution >= 0.6 is 11.8 Å². The molecular weight excluding hydrogens is 491 g/mol. The van der Waals surface area contributed by atoms with Crippen molar-refractivity contribution in [3.8, 4) is 6.07 Å². The first-order valence-corrected chi connectivity index (χ1v) is 12.5. The van der Waals surface area contributed by atoms with Gasteiger partial charge in [-0.15, -0.1) is 0 Å². The molecule has 1 aromatic heterocycles. The molecule has 1 aliphatic heterocycles. The first kappa shape index (κ1) is 25.8. The number of benzene rings is 2. The number of hydrogen-bond acceptors (Lipinski definition) is 6. The van der Waals surface area contributed by atoms with Gasteiger partial charge in [-0.2, -0.15) is 5.26 Å². The molecule has 2 aromatic carbocycles. The van der Waals surface area contributed by atoms with E-state index in [1.807, 2.05) is 32.0 Å². The Balaban J connectivity index is 1.60. The maximum absolute atomic E-state index is 13.6. The minimum atomic E-state index is -0.756. The molecule has 9 heteroatoms. The number of nitriles is 1. The molecule has 4 rings (SSSR count). The molecule has 1 atom stereocenters. The number of dihydropyridines is 1. The third kappa shape index (κ3) is 5.76. The Bertz CT molecular complexity index is 1420. The molecule has 2 amide bonds. The molecule has 0 unspecified atom stereocenters. The zero-order valence-electron chi connectivity index (χ0n) is 20.5. The molecule has 188 valence electrons. The van der Waals surface area contributed by atoms with E-state index < -0.39 is 11.7 Å². The van der Waals surface area contributed by atoms with Crippen LogP contribution in [-0.4, -0.2) is 17.6 Å². The third-order valence-corrected chi connectivity index (χ3v) is 6.93. The predicted molar refractivity (Wildman–Crippen MR) is 142 cm³/mol. The van der Waals surface area contributed by atoms with E-state index in [-0.39, 0.29) is 23.1 Å². The SMILES string of the molecule is CC1=C(C(=O)Nc2c(C)cccc2C)[C@@H](c2ccco2)C(C#N)=C(SCC(=O)Nc2ccc(F)cc2)N1. The Kier molecular flexibility index (Phi) is 7.80. The van der Waals surface area contributed by atoms with Crippen molar-refractivity contribution in [3.63, 3.8) is 0 Å². The molecule has 3 N–H and O–H groups in total. The average Bonchev–Trinajstić information content (AvgIpc) is 3.40. The van der Waals surface area contributed by atoms with Crippen molar-refractivity contribution < 1.29 is 18.4 Å². The molecule has 2 heterocycles. The summed E-state index contributed by atoms with van der Waals surface area (Å²) in [5, 5.41) is 19.4. The van der Waals surface area contributed by atoms with E-state index in [2.05, 4.69) is 22.0 Å². The van der Waals surface area contributed by atoms with Gasteiger partial charge in [0.15, 0.2) is 0 Å². The van der Waals surface area contributed by atoms with Crippen LogP contribution in [0.25, 0.3) is 0 Å². The number of nitrogens with one attached hydrogen (secondary N) is 3. The molecular formula is C28H25FN4O3S. The Labute approximate surface area is 218 Å². The second-order valence-electron chi connectivity index (χ2n) is 8.53. The summed E-state index contributed by atoms with van der Waals surface area (Å²) in [6.45, 7) is 5.58. The van der Waals surface area contributed by atoms with Gasteiger partial charge in [-0.3, -0.25) is 9.59 Å². The number of amides is 2. The topological polar surface area (TPSA) is 107 Å². The van der Waals surface area contributed by atoms with Gasteiger partial charge >= 0.3 is 0 Å². The maximum atomic E-state index is 13.6. The van der Waals surface area contributed by atoms with Crippen LogP contribution in [0.5, 0.6) is 0 Å². The molecule has 0 spiro atoms. The second kappa shape index (κ2) is 11.2. The van der Waals surface area contributed by atoms with E-state index in [1.54, 1.807) is 19.1 Å². The fourth-order valence-corrected chi connectivity index (χ4v) is 5.02. The van der Waals surface area contributed by atoms with E-state index in [1.165, 1.54) is 30.5 Å². The van der Waals surface area contributed by atoms with Crippen molar-refractivity contribution in [1.82, 2.24) is 5.32 Å². The zero-order valence-corrected chi connectivity index (χ0v) is 21.3. The number of para-hydroxylation sites is 1. The zero-order chi connectivity index (χ0) is 26.5. The van der Waals surface area contributed by atoms with E-state index in [9.17, 15) is 19.2 Å². The molecule has 7 nitrogen and oxygen atoms in total. The van der Waals surface area contributed by atoms with Crippen molar-refractivity contribution in [2.45, 2.75) is 26.7 Å². The number of furan rings is 1. The number of carbonyl (C=O) groups excluding carboxylic acids is 2. The summed E-state index contributed by atoms with van der Waals surface area (Å²) >= 11 is 1.14. The van der Waals surface area contributed by atoms with Crippen molar-refractivity contribution >= 4 is 35.0 Å². The lowest BCUT2D eigenvalue weighted by atomic mass is 9.85. The number of rotatable bonds is 7. The molecule has 0 saturated heterocycles. The number of allylic oxidation sites excluding steroid dienone is 2. The lowest BCUT2D eigenvalue weighted by Gasteiger charge is -2.28. The van der Waals surface area contributed by atoms with Crippen molar-refractivity contribution in [2.24, 2.45) is 0 Å². The first-order valence-electron chi connectivity index (χ1n) is 11.5. The number of halogens is 1. The summed E-state index contributed by atoms with van der Waals surface area (Å²) in [4.78, 5) is 26.1. The summed E-state index contributed by atoms with van der Waals surface area (Å²) in [6.07, 6.45) is 1.49. The summed E-state index contributed by atoms with van der Waals surface area (Å²) in [5.74, 6) is -1.39. The molecule has 3 aromatic rings. The standard InChI is InChI=1S/C28H25FN4O3S/c1-16-6-4-7-17(2)26(16)33-27(35)24-18(3)31-28(21(14-30)25(24)22-8-5-13-36-22)37-15-23(34)32-20-11-9-19(29)10-12-20/h4-13,25,31H,15H2,1-3H3,(H,32,34)(H,33,35)/t25-/m1/s1. The largest absolute Gasteiger partial charge is 0.468 e. The van der Waals surface area contributed by atoms with Crippen molar-refractivity contribution in [1.29, 1.82) is 5.26 Å². The van der Waals surface area contributed by atoms with Crippen LogP contribution in [0.1, 0.15) is 29.7 Å². The number of nitrogens with zero attached hydrogens (tertiary/aromatic N) is 1. The highest BCUT2D eigenvalue weighted by Gasteiger charge is 2.36. The molecule has 0 bridgehead atoms. The van der Waals surface area contributed by atoms with E-state index >= 15 is 0 Å². The minimum Gasteiger partial charge on any atom is -0.468 e. The smallest absolute Gasteiger partial charge is 0.254 e. The van der Waals surface area contributed by atoms with Crippen LogP contribution in [0.4, 0.5) is 15.8 Å². The Morgan fingerprint density at radius 2 is 1.76 bits per heavy atom. The molecule has 0 aliphatic carbocycles. The molecule has 37 heavy (non-hydrogen) atoms. The third-order valence-electron chi connectivity index (χ3n) is 5.92. The highest BCUT2D eigenvalue weighted by Crippen LogP contribution is 2.41. The monoisotopic (exact) mass is 516 g/mol. The number of thioether (sulfide) groups is 1. The molecule has 0 radical (unpaired) electrons. The van der Waals surface area contributed by atoms with Gasteiger partial charge in [0.05, 0.1) is 40.2 Å². The lowest BCUT2D eigenvalue weighted by Crippen LogP contribution is -2.31. The summed E-state index contributed by atoms with van der Waals surface area (Å²) in [5.41, 5.74) is 4.19. The van der Waals surface area contributed by atoms with Gasteiger partial charge in [-0.1, -0.05) is 30.0 Å². The summed E-state index contributed by atoms with van der Waals surface area (Å²) < 4.78 is 18.8. The summed E-state index contributed by atoms with van der Waals surface area (Å²) in [6, 6.07) is 16.8. The predicted octanol–water partition coefficient (Wildman–Crippen LogP) is 5.74. The van der Waals surface area contributed by atoms with Crippen LogP contribution in [0.2, 0.25) is 0 Å². The van der Waals surface area contributed by atoms with E-state index in [4.69, 9.17) is 4.42 Å². The lowest BCUT2D eigenvalue weighted by molar-refractivity contribution is -0.114. The van der Waals surface area contributed by atoms with Crippen LogP contribution in [0.15, 0.2) is 87.1 Å². The van der Waals surface area contributed by atoms with Gasteiger partial charge in [0.25, 0.3) is 5.91 Å². The van der Waals surface area contributed by atoms with Gasteiger partial charge in [0, 0.05) is 17.1 Å². The van der Waals surface area contributed by atoms with Gasteiger partial charge in [0.2, 0.25) is 5.91 Å². The Hall–Kier alpha value is -4.29. The van der Waals surface area contributed by atoms with Gasteiger partial charge in [0.1, 0.15) is 11.6 Å². The normalized spacial score (nSPS) is 15.2. The average molecular weight is 517 g/mol. The fraction of sp³-hybridized carbons (Fsp3) is 0.179. The number of anilines is 2. The van der Waals surface area contributed by atoms with Crippen molar-refractivity contribution in [2.75, 3.05) is 16.4 Å². The van der Waals surface area contributed by atoms with Crippen LogP contribution in [-0.2, 0) is 9.59 Å². The number of aryl methyl sites for hydroxylation is 2. The molecule has 0 saturated carbocycles. The van der Waals surface area contributed by atoms with Gasteiger partial charge < -0.3 is 20.4 Å². The van der Waals surface area contributed by atoms with Crippen LogP contribution in [0.3, 0.4) is 0 Å². The van der Waals surface area contributed by atoms with Crippen molar-refractivity contribution in [3.05, 3.63) is 105 Å². The van der Waals surface area contributed by atoms with E-state index in [0.717, 1.165) is 22.9 Å². The number of carbonyl (C=O) groups is 2. The fourth-order valence-electron chi connectivity index (χ4n) is 4.13. The quantitative estimate of drug-likeness (QED) is 0.370. The minimum absolute atomic E-state index is 0.00697. The Morgan fingerprint density at radius 1 is 1.05 bits per heavy atom. The van der Waals surface area contributed by atoms with Gasteiger partial charge in [-0.25, -0.2) is 4.39 Å². The summed E-state index contributed by atoms with van der Waals surface area (Å²) in [7, 11) is 0. The Morgan fingerprint density at radius 3 is 2.38 bits per heavy atom. The van der Waals surface area contributed by atoms with Gasteiger partial charge in [-0.05, 0) is 68.3 Å². The van der Waals surface area contributed by atoms with E-state index in [0.29, 0.717) is 33.4 Å². The number of hydrogen-bond donors (Lipinski definition) is 3. The molecule has 0 fully saturated rings. The maximum Gasteiger partial charge on any atom is 0.254 e. The second-order valence-corrected chi connectivity index (χ2v) is 9.52.